The Bertz CT molecular complexity index is 546. The average molecular weight is 315 g/mol. The lowest BCUT2D eigenvalue weighted by Gasteiger charge is -2.20. The Hall–Kier alpha value is -1.26. The van der Waals surface area contributed by atoms with Gasteiger partial charge in [0.1, 0.15) is 0 Å². The maximum absolute atomic E-state index is 12.2. The minimum absolute atomic E-state index is 0.0225. The highest BCUT2D eigenvalue weighted by Crippen LogP contribution is 2.26. The first kappa shape index (κ1) is 15.1. The van der Waals surface area contributed by atoms with Gasteiger partial charge < -0.3 is 10.2 Å². The number of amides is 2. The van der Waals surface area contributed by atoms with Crippen LogP contribution in [0.3, 0.4) is 0 Å². The largest absolute Gasteiger partial charge is 0.339 e. The number of carbonyl (C=O) groups excluding carboxylic acids is 2. The molecule has 1 N–H and O–H groups in total. The fourth-order valence-corrected chi connectivity index (χ4v) is 2.52. The van der Waals surface area contributed by atoms with E-state index in [-0.39, 0.29) is 30.2 Å². The van der Waals surface area contributed by atoms with Crippen molar-refractivity contribution >= 4 is 40.7 Å². The van der Waals surface area contributed by atoms with Gasteiger partial charge in [0.25, 0.3) is 0 Å². The van der Waals surface area contributed by atoms with Gasteiger partial charge in [0, 0.05) is 24.7 Å². The molecular weight excluding hydrogens is 299 g/mol. The zero-order chi connectivity index (χ0) is 14.9. The van der Waals surface area contributed by atoms with Crippen molar-refractivity contribution in [1.82, 2.24) is 4.90 Å². The van der Waals surface area contributed by atoms with Gasteiger partial charge in [-0.05, 0) is 32.0 Å². The normalized spacial score (nSPS) is 18.8. The molecule has 108 valence electrons. The summed E-state index contributed by atoms with van der Waals surface area (Å²) in [6.45, 7) is 4.35. The number of nitrogens with zero attached hydrogens (tertiary/aromatic N) is 1. The van der Waals surface area contributed by atoms with Gasteiger partial charge >= 0.3 is 0 Å². The molecule has 2 rings (SSSR count). The highest BCUT2D eigenvalue weighted by atomic mass is 35.5. The van der Waals surface area contributed by atoms with Crippen LogP contribution in [0.2, 0.25) is 10.0 Å². The predicted molar refractivity (Wildman–Crippen MR) is 80.0 cm³/mol. The van der Waals surface area contributed by atoms with Crippen LogP contribution in [0.25, 0.3) is 0 Å². The van der Waals surface area contributed by atoms with Crippen LogP contribution in [0, 0.1) is 5.92 Å². The average Bonchev–Trinajstić information content (AvgIpc) is 2.76. The van der Waals surface area contributed by atoms with Gasteiger partial charge in [-0.2, -0.15) is 0 Å². The first-order chi connectivity index (χ1) is 9.38. The Balaban J connectivity index is 2.02. The van der Waals surface area contributed by atoms with Gasteiger partial charge in [0.15, 0.2) is 0 Å². The summed E-state index contributed by atoms with van der Waals surface area (Å²) in [6.07, 6.45) is 0.255. The van der Waals surface area contributed by atoms with Gasteiger partial charge in [-0.15, -0.1) is 0 Å². The van der Waals surface area contributed by atoms with E-state index in [1.807, 2.05) is 13.8 Å². The lowest BCUT2D eigenvalue weighted by atomic mass is 10.1. The summed E-state index contributed by atoms with van der Waals surface area (Å²) in [6, 6.07) is 5.02. The smallest absolute Gasteiger partial charge is 0.229 e. The number of rotatable bonds is 3. The van der Waals surface area contributed by atoms with Crippen LogP contribution in [0.1, 0.15) is 20.3 Å². The Labute approximate surface area is 128 Å². The van der Waals surface area contributed by atoms with Crippen LogP contribution in [-0.2, 0) is 9.59 Å². The first-order valence-electron chi connectivity index (χ1n) is 6.44. The number of anilines is 1. The predicted octanol–water partition coefficient (Wildman–Crippen LogP) is 3.19. The topological polar surface area (TPSA) is 49.4 Å². The number of likely N-dealkylation sites (tertiary alicyclic amines) is 1. The summed E-state index contributed by atoms with van der Waals surface area (Å²) >= 11 is 11.7. The molecule has 20 heavy (non-hydrogen) atoms. The Kier molecular flexibility index (Phi) is 4.55. The van der Waals surface area contributed by atoms with E-state index in [9.17, 15) is 9.59 Å². The minimum atomic E-state index is -0.320. The van der Waals surface area contributed by atoms with E-state index in [1.165, 1.54) is 0 Å². The second-order valence-corrected chi connectivity index (χ2v) is 5.97. The number of hydrogen-bond donors (Lipinski definition) is 1. The molecule has 1 aliphatic rings. The van der Waals surface area contributed by atoms with Crippen LogP contribution in [0.4, 0.5) is 5.69 Å². The van der Waals surface area contributed by atoms with Gasteiger partial charge in [0.2, 0.25) is 11.8 Å². The quantitative estimate of drug-likeness (QED) is 0.931. The fourth-order valence-electron chi connectivity index (χ4n) is 2.22. The summed E-state index contributed by atoms with van der Waals surface area (Å²) in [7, 11) is 0. The molecule has 6 heteroatoms. The van der Waals surface area contributed by atoms with Gasteiger partial charge in [-0.3, -0.25) is 9.59 Å². The van der Waals surface area contributed by atoms with E-state index in [2.05, 4.69) is 5.32 Å². The highest BCUT2D eigenvalue weighted by molar-refractivity contribution is 6.42. The molecule has 0 unspecified atom stereocenters. The molecule has 1 aliphatic heterocycles. The number of nitrogens with one attached hydrogen (secondary N) is 1. The minimum Gasteiger partial charge on any atom is -0.339 e. The molecule has 0 radical (unpaired) electrons. The Morgan fingerprint density at radius 1 is 1.35 bits per heavy atom. The number of benzene rings is 1. The van der Waals surface area contributed by atoms with Crippen molar-refractivity contribution in [3.8, 4) is 0 Å². The lowest BCUT2D eigenvalue weighted by molar-refractivity contribution is -0.129. The zero-order valence-electron chi connectivity index (χ0n) is 11.3. The van der Waals surface area contributed by atoms with Crippen molar-refractivity contribution < 1.29 is 9.59 Å². The molecule has 4 nitrogen and oxygen atoms in total. The maximum Gasteiger partial charge on any atom is 0.229 e. The van der Waals surface area contributed by atoms with Gasteiger partial charge in [-0.25, -0.2) is 0 Å². The molecule has 2 amide bonds. The third-order valence-corrected chi connectivity index (χ3v) is 4.08. The molecule has 0 aliphatic carbocycles. The summed E-state index contributed by atoms with van der Waals surface area (Å²) in [5.41, 5.74) is 0.583. The van der Waals surface area contributed by atoms with Crippen LogP contribution in [-0.4, -0.2) is 29.3 Å². The molecule has 0 saturated carbocycles. The molecule has 1 aromatic rings. The molecule has 0 bridgehead atoms. The van der Waals surface area contributed by atoms with Crippen molar-refractivity contribution in [1.29, 1.82) is 0 Å². The maximum atomic E-state index is 12.2. The third-order valence-electron chi connectivity index (χ3n) is 3.34. The van der Waals surface area contributed by atoms with Crippen molar-refractivity contribution in [2.24, 2.45) is 5.92 Å². The summed E-state index contributed by atoms with van der Waals surface area (Å²) < 4.78 is 0. The molecule has 0 spiro atoms. The molecule has 1 heterocycles. The van der Waals surface area contributed by atoms with Crippen LogP contribution >= 0.6 is 23.2 Å². The molecule has 1 fully saturated rings. The molecular formula is C14H16Cl2N2O2. The summed E-state index contributed by atoms with van der Waals surface area (Å²) in [4.78, 5) is 25.7. The van der Waals surface area contributed by atoms with E-state index in [0.717, 1.165) is 0 Å². The second-order valence-electron chi connectivity index (χ2n) is 5.16. The molecule has 0 aromatic heterocycles. The number of carbonyl (C=O) groups is 2. The number of hydrogen-bond acceptors (Lipinski definition) is 2. The monoisotopic (exact) mass is 314 g/mol. The van der Waals surface area contributed by atoms with Crippen LogP contribution in [0.15, 0.2) is 18.2 Å². The zero-order valence-corrected chi connectivity index (χ0v) is 12.8. The SMILES string of the molecule is CC(C)N1C[C@H](C(=O)Nc2ccc(Cl)c(Cl)c2)CC1=O. The summed E-state index contributed by atoms with van der Waals surface area (Å²) in [5.74, 6) is -0.464. The second kappa shape index (κ2) is 6.02. The van der Waals surface area contributed by atoms with E-state index in [4.69, 9.17) is 23.2 Å². The first-order valence-corrected chi connectivity index (χ1v) is 7.19. The Morgan fingerprint density at radius 2 is 2.05 bits per heavy atom. The van der Waals surface area contributed by atoms with E-state index in [1.54, 1.807) is 23.1 Å². The van der Waals surface area contributed by atoms with Crippen molar-refractivity contribution in [2.75, 3.05) is 11.9 Å². The van der Waals surface area contributed by atoms with E-state index >= 15 is 0 Å². The molecule has 1 aromatic carbocycles. The van der Waals surface area contributed by atoms with Gasteiger partial charge in [0.05, 0.1) is 16.0 Å². The van der Waals surface area contributed by atoms with Gasteiger partial charge in [-0.1, -0.05) is 23.2 Å². The van der Waals surface area contributed by atoms with Crippen LogP contribution in [0.5, 0.6) is 0 Å². The lowest BCUT2D eigenvalue weighted by Crippen LogP contribution is -2.33. The van der Waals surface area contributed by atoms with Crippen LogP contribution < -0.4 is 5.32 Å². The third kappa shape index (κ3) is 3.25. The van der Waals surface area contributed by atoms with Crippen molar-refractivity contribution in [3.05, 3.63) is 28.2 Å². The standard InChI is InChI=1S/C14H16Cl2N2O2/c1-8(2)18-7-9(5-13(18)19)14(20)17-10-3-4-11(15)12(16)6-10/h3-4,6,8-9H,5,7H2,1-2H3,(H,17,20)/t9-/m1/s1. The van der Waals surface area contributed by atoms with E-state index in [0.29, 0.717) is 22.3 Å². The van der Waals surface area contributed by atoms with Crippen molar-refractivity contribution in [3.63, 3.8) is 0 Å². The van der Waals surface area contributed by atoms with Crippen molar-refractivity contribution in [2.45, 2.75) is 26.3 Å². The fraction of sp³-hybridized carbons (Fsp3) is 0.429. The number of halogens is 2. The Morgan fingerprint density at radius 3 is 2.60 bits per heavy atom. The van der Waals surface area contributed by atoms with E-state index < -0.39 is 0 Å². The highest BCUT2D eigenvalue weighted by Gasteiger charge is 2.35. The summed E-state index contributed by atoms with van der Waals surface area (Å²) in [5, 5.41) is 3.59. The molecule has 1 saturated heterocycles. The molecule has 1 atom stereocenters.